The maximum absolute atomic E-state index is 14.3. The zero-order valence-corrected chi connectivity index (χ0v) is 22.2. The summed E-state index contributed by atoms with van der Waals surface area (Å²) >= 11 is 0. The monoisotopic (exact) mass is 530 g/mol. The lowest BCUT2D eigenvalue weighted by Gasteiger charge is -2.21. The molecule has 198 valence electrons. The number of fused-ring (bicyclic) bond motifs is 2. The van der Waals surface area contributed by atoms with Crippen LogP contribution in [0.25, 0.3) is 33.2 Å². The summed E-state index contributed by atoms with van der Waals surface area (Å²) in [6.45, 7) is 3.64. The van der Waals surface area contributed by atoms with Gasteiger partial charge < -0.3 is 10.1 Å². The first-order valence-corrected chi connectivity index (χ1v) is 12.8. The molecule has 0 bridgehead atoms. The summed E-state index contributed by atoms with van der Waals surface area (Å²) in [6, 6.07) is 22.0. The van der Waals surface area contributed by atoms with Crippen LogP contribution in [0.2, 0.25) is 0 Å². The zero-order chi connectivity index (χ0) is 27.8. The number of hydrogen-bond donors (Lipinski definition) is 1. The summed E-state index contributed by atoms with van der Waals surface area (Å²) in [5.74, 6) is 0.179. The van der Waals surface area contributed by atoms with Crippen LogP contribution in [0.5, 0.6) is 5.88 Å². The van der Waals surface area contributed by atoms with Gasteiger partial charge in [-0.15, -0.1) is 0 Å². The Morgan fingerprint density at radius 2 is 1.82 bits per heavy atom. The van der Waals surface area contributed by atoms with Crippen molar-refractivity contribution >= 4 is 22.3 Å². The van der Waals surface area contributed by atoms with Gasteiger partial charge in [0, 0.05) is 41.6 Å². The summed E-state index contributed by atoms with van der Waals surface area (Å²) < 4.78 is 8.45. The summed E-state index contributed by atoms with van der Waals surface area (Å²) in [5.41, 5.74) is 4.15. The highest BCUT2D eigenvalue weighted by Gasteiger charge is 2.23. The molecular weight excluding hydrogens is 504 g/mol. The average Bonchev–Trinajstić information content (AvgIpc) is 3.33. The molecule has 9 heteroatoms. The van der Waals surface area contributed by atoms with Gasteiger partial charge in [0.05, 0.1) is 24.2 Å². The molecule has 9 nitrogen and oxygen atoms in total. The van der Waals surface area contributed by atoms with Gasteiger partial charge in [-0.05, 0) is 55.1 Å². The number of aromatic nitrogens is 5. The molecule has 4 heterocycles. The summed E-state index contributed by atoms with van der Waals surface area (Å²) in [6.07, 6.45) is 5.08. The average molecular weight is 531 g/mol. The lowest BCUT2D eigenvalue weighted by atomic mass is 9.98. The number of carbonyl (C=O) groups excluding carboxylic acids is 1. The molecule has 2 aromatic carbocycles. The van der Waals surface area contributed by atoms with Crippen molar-refractivity contribution in [1.29, 1.82) is 0 Å². The molecule has 4 aromatic heterocycles. The predicted molar refractivity (Wildman–Crippen MR) is 153 cm³/mol. The number of para-hydroxylation sites is 1. The van der Waals surface area contributed by atoms with Crippen LogP contribution >= 0.6 is 0 Å². The third-order valence-electron chi connectivity index (χ3n) is 6.93. The highest BCUT2D eigenvalue weighted by molar-refractivity contribution is 6.01. The first kappa shape index (κ1) is 25.0. The van der Waals surface area contributed by atoms with Crippen LogP contribution in [0.1, 0.15) is 34.7 Å². The van der Waals surface area contributed by atoms with Crippen molar-refractivity contribution in [1.82, 2.24) is 29.5 Å². The summed E-state index contributed by atoms with van der Waals surface area (Å²) in [7, 11) is 1.56. The van der Waals surface area contributed by atoms with E-state index in [4.69, 9.17) is 4.74 Å². The second-order valence-electron chi connectivity index (χ2n) is 9.45. The van der Waals surface area contributed by atoms with Crippen LogP contribution < -0.4 is 15.6 Å². The van der Waals surface area contributed by atoms with Crippen LogP contribution in [0, 0.1) is 6.92 Å². The van der Waals surface area contributed by atoms with Crippen LogP contribution in [0.15, 0.2) is 96.2 Å². The van der Waals surface area contributed by atoms with Crippen LogP contribution in [-0.4, -0.2) is 37.2 Å². The van der Waals surface area contributed by atoms with E-state index in [0.717, 1.165) is 16.5 Å². The fourth-order valence-corrected chi connectivity index (χ4v) is 5.05. The molecular formula is C31H26N6O3. The van der Waals surface area contributed by atoms with Crippen LogP contribution in [0.4, 0.5) is 0 Å². The molecule has 6 aromatic rings. The van der Waals surface area contributed by atoms with Crippen molar-refractivity contribution in [3.63, 3.8) is 0 Å². The van der Waals surface area contributed by atoms with Crippen molar-refractivity contribution in [3.05, 3.63) is 119 Å². The van der Waals surface area contributed by atoms with Crippen LogP contribution in [0.3, 0.4) is 0 Å². The van der Waals surface area contributed by atoms with Gasteiger partial charge in [-0.3, -0.25) is 14.2 Å². The van der Waals surface area contributed by atoms with Crippen molar-refractivity contribution in [3.8, 4) is 22.7 Å². The Hall–Kier alpha value is -5.31. The first-order valence-electron chi connectivity index (χ1n) is 12.8. The van der Waals surface area contributed by atoms with E-state index in [1.165, 1.54) is 0 Å². The lowest BCUT2D eigenvalue weighted by Crippen LogP contribution is -2.32. The lowest BCUT2D eigenvalue weighted by molar-refractivity contribution is 0.0939. The zero-order valence-electron chi connectivity index (χ0n) is 22.2. The minimum Gasteiger partial charge on any atom is -0.481 e. The second kappa shape index (κ2) is 10.1. The SMILES string of the molecule is COc1ccc(-c2cccc3cc([C@H](C)NC(=O)c4c(C)nn5cccnc45)n(-c4ccccc4)c(=O)c23)cn1. The van der Waals surface area contributed by atoms with Crippen molar-refractivity contribution in [2.45, 2.75) is 19.9 Å². The Labute approximate surface area is 229 Å². The van der Waals surface area contributed by atoms with E-state index in [1.807, 2.05) is 67.6 Å². The molecule has 0 saturated carbocycles. The van der Waals surface area contributed by atoms with E-state index in [1.54, 1.807) is 53.8 Å². The number of carbonyl (C=O) groups is 1. The van der Waals surface area contributed by atoms with Gasteiger partial charge in [-0.2, -0.15) is 5.10 Å². The van der Waals surface area contributed by atoms with Crippen molar-refractivity contribution in [2.24, 2.45) is 0 Å². The molecule has 0 radical (unpaired) electrons. The molecule has 1 amide bonds. The number of amides is 1. The van der Waals surface area contributed by atoms with Gasteiger partial charge in [-0.25, -0.2) is 14.5 Å². The van der Waals surface area contributed by atoms with Gasteiger partial charge in [0.1, 0.15) is 5.56 Å². The van der Waals surface area contributed by atoms with Gasteiger partial charge >= 0.3 is 0 Å². The second-order valence-corrected chi connectivity index (χ2v) is 9.45. The maximum Gasteiger partial charge on any atom is 0.263 e. The molecule has 1 atom stereocenters. The minimum absolute atomic E-state index is 0.194. The first-order chi connectivity index (χ1) is 19.5. The van der Waals surface area contributed by atoms with Gasteiger partial charge in [-0.1, -0.05) is 36.4 Å². The molecule has 0 spiro atoms. The number of aryl methyl sites for hydroxylation is 1. The highest BCUT2D eigenvalue weighted by Crippen LogP contribution is 2.30. The number of rotatable bonds is 6. The molecule has 0 aliphatic rings. The standard InChI is InChI=1S/C31H26N6O3/c1-19(34-30(38)27-20(2)35-36-16-8-15-32-29(27)36)25-17-21-9-7-12-24(22-13-14-26(40-3)33-18-22)28(21)31(39)37(25)23-10-5-4-6-11-23/h4-19H,1-3H3,(H,34,38)/t19-/m0/s1. The normalized spacial score (nSPS) is 12.0. The Bertz CT molecular complexity index is 1930. The largest absolute Gasteiger partial charge is 0.481 e. The fourth-order valence-electron chi connectivity index (χ4n) is 5.05. The number of hydrogen-bond acceptors (Lipinski definition) is 6. The maximum atomic E-state index is 14.3. The number of pyridine rings is 2. The highest BCUT2D eigenvalue weighted by atomic mass is 16.5. The predicted octanol–water partition coefficient (Wildman–Crippen LogP) is 4.90. The van der Waals surface area contributed by atoms with E-state index in [0.29, 0.717) is 39.6 Å². The summed E-state index contributed by atoms with van der Waals surface area (Å²) in [5, 5.41) is 8.80. The van der Waals surface area contributed by atoms with E-state index < -0.39 is 6.04 Å². The minimum atomic E-state index is -0.519. The third-order valence-corrected chi connectivity index (χ3v) is 6.93. The Morgan fingerprint density at radius 3 is 2.58 bits per heavy atom. The van der Waals surface area contributed by atoms with Gasteiger partial charge in [0.2, 0.25) is 5.88 Å². The Morgan fingerprint density at radius 1 is 1.00 bits per heavy atom. The third kappa shape index (κ3) is 4.27. The fraction of sp³-hybridized carbons (Fsp3) is 0.129. The molecule has 1 N–H and O–H groups in total. The van der Waals surface area contributed by atoms with Gasteiger partial charge in [0.25, 0.3) is 11.5 Å². The van der Waals surface area contributed by atoms with Gasteiger partial charge in [0.15, 0.2) is 5.65 Å². The molecule has 0 aliphatic heterocycles. The molecule has 0 saturated heterocycles. The number of ether oxygens (including phenoxy) is 1. The molecule has 0 aliphatic carbocycles. The topological polar surface area (TPSA) is 103 Å². The molecule has 40 heavy (non-hydrogen) atoms. The van der Waals surface area contributed by atoms with E-state index in [9.17, 15) is 9.59 Å². The number of benzene rings is 2. The van der Waals surface area contributed by atoms with Crippen molar-refractivity contribution < 1.29 is 9.53 Å². The number of nitrogens with zero attached hydrogens (tertiary/aromatic N) is 5. The molecule has 0 unspecified atom stereocenters. The summed E-state index contributed by atoms with van der Waals surface area (Å²) in [4.78, 5) is 36.5. The molecule has 6 rings (SSSR count). The van der Waals surface area contributed by atoms with E-state index in [2.05, 4.69) is 20.4 Å². The molecule has 0 fully saturated rings. The van der Waals surface area contributed by atoms with Crippen LogP contribution in [-0.2, 0) is 0 Å². The number of nitrogens with one attached hydrogen (secondary N) is 1. The smallest absolute Gasteiger partial charge is 0.263 e. The Balaban J connectivity index is 1.50. The van der Waals surface area contributed by atoms with E-state index >= 15 is 0 Å². The quantitative estimate of drug-likeness (QED) is 0.328. The Kier molecular flexibility index (Phi) is 6.31. The van der Waals surface area contributed by atoms with Crippen molar-refractivity contribution in [2.75, 3.05) is 7.11 Å². The van der Waals surface area contributed by atoms with E-state index in [-0.39, 0.29) is 11.5 Å². The number of methoxy groups -OCH3 is 1.